The summed E-state index contributed by atoms with van der Waals surface area (Å²) < 4.78 is 27.9. The minimum atomic E-state index is -1.82. The number of esters is 1. The number of aliphatic hydroxyl groups excluding tert-OH is 6. The predicted molar refractivity (Wildman–Crippen MR) is 143 cm³/mol. The summed E-state index contributed by atoms with van der Waals surface area (Å²) in [5.74, 6) is -2.75. The molecule has 2 heterocycles. The van der Waals surface area contributed by atoms with Crippen molar-refractivity contribution < 1.29 is 73.8 Å². The van der Waals surface area contributed by atoms with Gasteiger partial charge in [-0.05, 0) is 38.1 Å². The van der Waals surface area contributed by atoms with Crippen LogP contribution in [0.3, 0.4) is 0 Å². The van der Waals surface area contributed by atoms with Gasteiger partial charge in [0.1, 0.15) is 60.0 Å². The van der Waals surface area contributed by atoms with Crippen molar-refractivity contribution in [1.29, 1.82) is 0 Å². The Morgan fingerprint density at radius 3 is 2.20 bits per heavy atom. The topological polar surface area (TPSA) is 239 Å². The number of benzene rings is 2. The lowest BCUT2D eigenvalue weighted by Gasteiger charge is -2.45. The maximum absolute atomic E-state index is 13.4. The van der Waals surface area contributed by atoms with Crippen molar-refractivity contribution in [2.75, 3.05) is 6.61 Å². The Kier molecular flexibility index (Phi) is 8.78. The normalized spacial score (nSPS) is 33.4. The summed E-state index contributed by atoms with van der Waals surface area (Å²) in [6.07, 6.45) is -15.6. The SMILES string of the molecule is CC(=O)Oc1c(C)c(O[C@@H]2O[C@@H](C)[C@H](O[C@H]3O[C@H](CO)[C@@H](O)[C@H](O)[C@H]3O)[C@@H](O)[C@H]2O)cc2c1C(=O)c1ccc(O)cc1C2=O. The molecule has 2 aromatic carbocycles. The summed E-state index contributed by atoms with van der Waals surface area (Å²) in [6, 6.07) is 4.86. The third-order valence-corrected chi connectivity index (χ3v) is 7.85. The first kappa shape index (κ1) is 31.9. The van der Waals surface area contributed by atoms with Gasteiger partial charge in [0.05, 0.1) is 18.3 Å². The van der Waals surface area contributed by atoms with E-state index < -0.39 is 85.6 Å². The molecule has 1 aliphatic carbocycles. The second-order valence-electron chi connectivity index (χ2n) is 10.8. The van der Waals surface area contributed by atoms with Gasteiger partial charge in [0, 0.05) is 29.2 Å². The maximum Gasteiger partial charge on any atom is 0.308 e. The number of hydrogen-bond donors (Lipinski definition) is 7. The zero-order valence-electron chi connectivity index (χ0n) is 23.7. The quantitative estimate of drug-likeness (QED) is 0.122. The summed E-state index contributed by atoms with van der Waals surface area (Å²) >= 11 is 0. The van der Waals surface area contributed by atoms with Gasteiger partial charge in [-0.1, -0.05) is 0 Å². The van der Waals surface area contributed by atoms with Crippen LogP contribution in [0.4, 0.5) is 0 Å². The number of aliphatic hydroxyl groups is 6. The average molecular weight is 621 g/mol. The molecule has 3 aliphatic rings. The van der Waals surface area contributed by atoms with Crippen LogP contribution in [0.1, 0.15) is 51.3 Å². The summed E-state index contributed by atoms with van der Waals surface area (Å²) in [4.78, 5) is 38.8. The van der Waals surface area contributed by atoms with E-state index in [1.807, 2.05) is 0 Å². The van der Waals surface area contributed by atoms with Crippen LogP contribution in [0.25, 0.3) is 0 Å². The number of rotatable bonds is 6. The lowest BCUT2D eigenvalue weighted by Crippen LogP contribution is -2.64. The van der Waals surface area contributed by atoms with E-state index in [9.17, 15) is 50.1 Å². The third-order valence-electron chi connectivity index (χ3n) is 7.85. The van der Waals surface area contributed by atoms with Crippen LogP contribution in [0.5, 0.6) is 17.2 Å². The van der Waals surface area contributed by atoms with E-state index in [4.69, 9.17) is 23.7 Å². The molecule has 44 heavy (non-hydrogen) atoms. The van der Waals surface area contributed by atoms with Crippen molar-refractivity contribution in [3.8, 4) is 17.2 Å². The van der Waals surface area contributed by atoms with E-state index in [1.165, 1.54) is 32.0 Å². The largest absolute Gasteiger partial charge is 0.508 e. The smallest absolute Gasteiger partial charge is 0.308 e. The van der Waals surface area contributed by atoms with Crippen LogP contribution in [0.15, 0.2) is 24.3 Å². The molecule has 5 rings (SSSR count). The van der Waals surface area contributed by atoms with Crippen molar-refractivity contribution in [3.05, 3.63) is 52.1 Å². The average Bonchev–Trinajstić information content (AvgIpc) is 2.98. The second-order valence-corrected chi connectivity index (χ2v) is 10.8. The van der Waals surface area contributed by atoms with E-state index >= 15 is 0 Å². The summed E-state index contributed by atoms with van der Waals surface area (Å²) in [6.45, 7) is 3.27. The molecule has 7 N–H and O–H groups in total. The predicted octanol–water partition coefficient (Wildman–Crippen LogP) is -1.57. The van der Waals surface area contributed by atoms with E-state index in [0.717, 1.165) is 13.0 Å². The molecule has 0 bridgehead atoms. The Labute approximate surface area is 249 Å². The summed E-state index contributed by atoms with van der Waals surface area (Å²) in [5, 5.41) is 71.6. The molecule has 2 aliphatic heterocycles. The van der Waals surface area contributed by atoms with Crippen molar-refractivity contribution in [3.63, 3.8) is 0 Å². The highest BCUT2D eigenvalue weighted by atomic mass is 16.7. The molecule has 2 aromatic rings. The zero-order valence-corrected chi connectivity index (χ0v) is 23.7. The van der Waals surface area contributed by atoms with Gasteiger partial charge in [-0.2, -0.15) is 0 Å². The second kappa shape index (κ2) is 12.1. The monoisotopic (exact) mass is 620 g/mol. The molecule has 0 radical (unpaired) electrons. The van der Waals surface area contributed by atoms with Crippen LogP contribution >= 0.6 is 0 Å². The van der Waals surface area contributed by atoms with Crippen LogP contribution in [0, 0.1) is 6.92 Å². The van der Waals surface area contributed by atoms with Crippen LogP contribution < -0.4 is 9.47 Å². The molecule has 10 atom stereocenters. The van der Waals surface area contributed by atoms with Crippen molar-refractivity contribution >= 4 is 17.5 Å². The Morgan fingerprint density at radius 1 is 0.864 bits per heavy atom. The Hall–Kier alpha value is -3.51. The number of fused-ring (bicyclic) bond motifs is 2. The number of ketones is 2. The Morgan fingerprint density at radius 2 is 1.55 bits per heavy atom. The lowest BCUT2D eigenvalue weighted by atomic mass is 9.82. The van der Waals surface area contributed by atoms with E-state index in [1.54, 1.807) is 0 Å². The molecule has 15 heteroatoms. The van der Waals surface area contributed by atoms with Gasteiger partial charge in [0.15, 0.2) is 17.9 Å². The number of phenolic OH excluding ortho intramolecular Hbond substituents is 1. The molecular weight excluding hydrogens is 588 g/mol. The van der Waals surface area contributed by atoms with Gasteiger partial charge in [-0.15, -0.1) is 0 Å². The number of hydrogen-bond acceptors (Lipinski definition) is 15. The fourth-order valence-electron chi connectivity index (χ4n) is 5.48. The Balaban J connectivity index is 1.42. The van der Waals surface area contributed by atoms with Crippen LogP contribution in [-0.4, -0.2) is 121 Å². The van der Waals surface area contributed by atoms with E-state index in [-0.39, 0.29) is 45.1 Å². The molecule has 0 spiro atoms. The first-order valence-electron chi connectivity index (χ1n) is 13.7. The molecule has 238 valence electrons. The highest BCUT2D eigenvalue weighted by Crippen LogP contribution is 2.42. The first-order valence-corrected chi connectivity index (χ1v) is 13.7. The minimum Gasteiger partial charge on any atom is -0.508 e. The molecular formula is C29H32O15. The number of aromatic hydroxyl groups is 1. The lowest BCUT2D eigenvalue weighted by molar-refractivity contribution is -0.348. The number of ether oxygens (including phenoxy) is 5. The van der Waals surface area contributed by atoms with Crippen molar-refractivity contribution in [2.24, 2.45) is 0 Å². The highest BCUT2D eigenvalue weighted by Gasteiger charge is 2.50. The molecule has 0 saturated carbocycles. The first-order chi connectivity index (χ1) is 20.7. The van der Waals surface area contributed by atoms with Gasteiger partial charge in [-0.25, -0.2) is 0 Å². The fraction of sp³-hybridized carbons (Fsp3) is 0.483. The Bertz CT molecular complexity index is 1470. The van der Waals surface area contributed by atoms with E-state index in [0.29, 0.717) is 0 Å². The molecule has 2 saturated heterocycles. The van der Waals surface area contributed by atoms with Gasteiger partial charge in [0.25, 0.3) is 0 Å². The van der Waals surface area contributed by atoms with Gasteiger partial charge < -0.3 is 59.4 Å². The van der Waals surface area contributed by atoms with Gasteiger partial charge in [0.2, 0.25) is 6.29 Å². The van der Waals surface area contributed by atoms with E-state index in [2.05, 4.69) is 0 Å². The minimum absolute atomic E-state index is 0.00445. The van der Waals surface area contributed by atoms with Crippen molar-refractivity contribution in [1.82, 2.24) is 0 Å². The summed E-state index contributed by atoms with van der Waals surface area (Å²) in [5.41, 5.74) is -0.389. The molecule has 0 amide bonds. The maximum atomic E-state index is 13.4. The number of carbonyl (C=O) groups excluding carboxylic acids is 3. The molecule has 2 fully saturated rings. The van der Waals surface area contributed by atoms with Crippen LogP contribution in [0.2, 0.25) is 0 Å². The number of phenols is 1. The standard InChI is InChI=1S/C29H32O15/c1-9-16(7-15-18(26(9)41-11(3)31)20(34)13-5-4-12(32)6-14(13)19(15)33)42-28-25(39)23(37)27(10(2)40-28)44-29-24(38)22(36)21(35)17(8-30)43-29/h4-7,10,17,21-25,27-30,32,35-39H,8H2,1-3H3/t10-,17+,21+,22-,23-,24+,25+,27-,28-,29+/m0/s1. The van der Waals surface area contributed by atoms with Gasteiger partial charge >= 0.3 is 5.97 Å². The highest BCUT2D eigenvalue weighted by molar-refractivity contribution is 6.29. The third kappa shape index (κ3) is 5.47. The molecule has 0 unspecified atom stereocenters. The zero-order chi connectivity index (χ0) is 32.2. The molecule has 15 nitrogen and oxygen atoms in total. The fourth-order valence-corrected chi connectivity index (χ4v) is 5.48. The van der Waals surface area contributed by atoms with Crippen molar-refractivity contribution in [2.45, 2.75) is 82.2 Å². The number of carbonyl (C=O) groups is 3. The summed E-state index contributed by atoms with van der Waals surface area (Å²) in [7, 11) is 0. The van der Waals surface area contributed by atoms with Gasteiger partial charge in [-0.3, -0.25) is 14.4 Å². The van der Waals surface area contributed by atoms with Crippen LogP contribution in [-0.2, 0) is 19.0 Å². The molecule has 0 aromatic heterocycles.